The molecule has 0 fully saturated rings. The first-order chi connectivity index (χ1) is 13.5. The smallest absolute Gasteiger partial charge is 0.236 e. The molecule has 3 aromatic rings. The second-order valence-electron chi connectivity index (χ2n) is 5.43. The number of amides is 1. The molecule has 146 valence electrons. The van der Waals surface area contributed by atoms with Crippen LogP contribution in [0.25, 0.3) is 0 Å². The first-order valence-corrected chi connectivity index (χ1v) is 9.42. The molecule has 1 aromatic carbocycles. The van der Waals surface area contributed by atoms with Crippen LogP contribution in [0.2, 0.25) is 5.02 Å². The van der Waals surface area contributed by atoms with Gasteiger partial charge in [-0.1, -0.05) is 29.4 Å². The van der Waals surface area contributed by atoms with Gasteiger partial charge in [0, 0.05) is 12.3 Å². The van der Waals surface area contributed by atoms with Crippen LogP contribution in [-0.4, -0.2) is 38.6 Å². The molecule has 0 saturated heterocycles. The molecule has 2 heterocycles. The van der Waals surface area contributed by atoms with E-state index in [1.165, 1.54) is 10.9 Å². The van der Waals surface area contributed by atoms with Crippen molar-refractivity contribution in [2.45, 2.75) is 11.8 Å². The molecule has 2 aromatic heterocycles. The average Bonchev–Trinajstić information content (AvgIpc) is 3.06. The number of ether oxygens (including phenoxy) is 2. The Labute approximate surface area is 170 Å². The lowest BCUT2D eigenvalue weighted by Gasteiger charge is -2.08. The number of anilines is 1. The van der Waals surface area contributed by atoms with Crippen molar-refractivity contribution < 1.29 is 14.3 Å². The van der Waals surface area contributed by atoms with Crippen molar-refractivity contribution in [3.63, 3.8) is 0 Å². The average molecular weight is 421 g/mol. The molecular weight excluding hydrogens is 404 g/mol. The van der Waals surface area contributed by atoms with Gasteiger partial charge in [0.1, 0.15) is 23.9 Å². The van der Waals surface area contributed by atoms with Crippen molar-refractivity contribution in [1.29, 1.82) is 0 Å². The van der Waals surface area contributed by atoms with Gasteiger partial charge >= 0.3 is 0 Å². The van der Waals surface area contributed by atoms with Crippen LogP contribution in [0.1, 0.15) is 5.82 Å². The van der Waals surface area contributed by atoms with E-state index >= 15 is 0 Å². The number of hydrogen-bond acceptors (Lipinski definition) is 8. The normalized spacial score (nSPS) is 10.5. The third kappa shape index (κ3) is 5.27. The van der Waals surface area contributed by atoms with Crippen molar-refractivity contribution in [3.8, 4) is 11.5 Å². The van der Waals surface area contributed by atoms with Crippen molar-refractivity contribution in [1.82, 2.24) is 19.9 Å². The van der Waals surface area contributed by atoms with Crippen molar-refractivity contribution in [2.75, 3.05) is 24.0 Å². The fraction of sp³-hybridized carbons (Fsp3) is 0.176. The van der Waals surface area contributed by atoms with Gasteiger partial charge in [0.05, 0.1) is 17.9 Å². The van der Waals surface area contributed by atoms with E-state index in [1.54, 1.807) is 31.4 Å². The number of aromatic nitrogens is 4. The summed E-state index contributed by atoms with van der Waals surface area (Å²) in [5.74, 6) is 7.96. The van der Waals surface area contributed by atoms with E-state index in [0.29, 0.717) is 33.3 Å². The Morgan fingerprint density at radius 2 is 2.11 bits per heavy atom. The van der Waals surface area contributed by atoms with Crippen LogP contribution < -0.4 is 20.6 Å². The first kappa shape index (κ1) is 19.8. The number of carbonyl (C=O) groups is 1. The summed E-state index contributed by atoms with van der Waals surface area (Å²) >= 11 is 6.91. The molecule has 28 heavy (non-hydrogen) atoms. The molecule has 9 nitrogen and oxygen atoms in total. The lowest BCUT2D eigenvalue weighted by Crippen LogP contribution is -2.18. The summed E-state index contributed by atoms with van der Waals surface area (Å²) in [5, 5.41) is 11.5. The fourth-order valence-corrected chi connectivity index (χ4v) is 2.89. The predicted molar refractivity (Wildman–Crippen MR) is 106 cm³/mol. The molecule has 0 unspecified atom stereocenters. The molecule has 3 rings (SSSR count). The topological polar surface area (TPSA) is 117 Å². The Hall–Kier alpha value is -2.98. The van der Waals surface area contributed by atoms with Crippen LogP contribution in [0.4, 0.5) is 5.82 Å². The Morgan fingerprint density at radius 3 is 2.86 bits per heavy atom. The number of nitrogens with zero attached hydrogens (tertiary/aromatic N) is 4. The highest BCUT2D eigenvalue weighted by Gasteiger charge is 2.13. The number of rotatable bonds is 8. The first-order valence-electron chi connectivity index (χ1n) is 8.05. The van der Waals surface area contributed by atoms with Gasteiger partial charge in [-0.2, -0.15) is 0 Å². The van der Waals surface area contributed by atoms with Gasteiger partial charge in [-0.3, -0.25) is 4.79 Å². The number of benzene rings is 1. The lowest BCUT2D eigenvalue weighted by atomic mass is 10.3. The summed E-state index contributed by atoms with van der Waals surface area (Å²) in [4.78, 5) is 16.0. The number of hydrogen-bond donors (Lipinski definition) is 2. The molecule has 11 heteroatoms. The summed E-state index contributed by atoms with van der Waals surface area (Å²) in [6.45, 7) is 0.123. The lowest BCUT2D eigenvalue weighted by molar-refractivity contribution is -0.113. The van der Waals surface area contributed by atoms with Gasteiger partial charge in [0.25, 0.3) is 0 Å². The second kappa shape index (κ2) is 9.29. The zero-order valence-corrected chi connectivity index (χ0v) is 16.4. The van der Waals surface area contributed by atoms with Crippen molar-refractivity contribution >= 4 is 35.1 Å². The van der Waals surface area contributed by atoms with Crippen LogP contribution >= 0.6 is 23.4 Å². The van der Waals surface area contributed by atoms with E-state index in [0.717, 1.165) is 11.8 Å². The highest BCUT2D eigenvalue weighted by molar-refractivity contribution is 7.99. The highest BCUT2D eigenvalue weighted by atomic mass is 35.5. The maximum Gasteiger partial charge on any atom is 0.236 e. The minimum absolute atomic E-state index is 0.0936. The number of nitrogens with two attached hydrogens (primary N) is 1. The summed E-state index contributed by atoms with van der Waals surface area (Å²) in [7, 11) is 1.58. The SMILES string of the molecule is COc1cccc(OCc2nnc(SCC(=O)Nc3ccc(Cl)cn3)n2N)c1. The molecule has 0 aliphatic heterocycles. The maximum atomic E-state index is 12.0. The molecule has 0 saturated carbocycles. The van der Waals surface area contributed by atoms with E-state index in [1.807, 2.05) is 12.1 Å². The number of methoxy groups -OCH3 is 1. The minimum atomic E-state index is -0.253. The zero-order chi connectivity index (χ0) is 19.9. The number of pyridine rings is 1. The van der Waals surface area contributed by atoms with Gasteiger partial charge in [-0.05, 0) is 24.3 Å². The molecule has 0 bridgehead atoms. The molecule has 0 aliphatic rings. The fourth-order valence-electron chi connectivity index (χ4n) is 2.10. The minimum Gasteiger partial charge on any atom is -0.497 e. The van der Waals surface area contributed by atoms with Crippen LogP contribution in [0.5, 0.6) is 11.5 Å². The summed E-state index contributed by atoms with van der Waals surface area (Å²) < 4.78 is 12.1. The van der Waals surface area contributed by atoms with Crippen LogP contribution in [0, 0.1) is 0 Å². The number of carbonyl (C=O) groups excluding carboxylic acids is 1. The van der Waals surface area contributed by atoms with Crippen LogP contribution in [0.3, 0.4) is 0 Å². The third-order valence-electron chi connectivity index (χ3n) is 3.47. The maximum absolute atomic E-state index is 12.0. The molecular formula is C17H17ClN6O3S. The van der Waals surface area contributed by atoms with Gasteiger partial charge in [0.15, 0.2) is 5.82 Å². The predicted octanol–water partition coefficient (Wildman–Crippen LogP) is 2.36. The van der Waals surface area contributed by atoms with Gasteiger partial charge in [-0.25, -0.2) is 9.66 Å². The number of nitrogens with one attached hydrogen (secondary N) is 1. The van der Waals surface area contributed by atoms with Gasteiger partial charge in [-0.15, -0.1) is 10.2 Å². The number of nitrogen functional groups attached to an aromatic ring is 1. The highest BCUT2D eigenvalue weighted by Crippen LogP contribution is 2.20. The molecule has 0 atom stereocenters. The molecule has 0 spiro atoms. The van der Waals surface area contributed by atoms with E-state index < -0.39 is 0 Å². The number of halogens is 1. The summed E-state index contributed by atoms with van der Waals surface area (Å²) in [5.41, 5.74) is 0. The standard InChI is InChI=1S/C17H17ClN6O3S/c1-26-12-3-2-4-13(7-12)27-9-15-22-23-17(24(15)19)28-10-16(25)21-14-6-5-11(18)8-20-14/h2-8H,9-10,19H2,1H3,(H,20,21,25). The molecule has 3 N–H and O–H groups in total. The van der Waals surface area contributed by atoms with Gasteiger partial charge < -0.3 is 20.6 Å². The Bertz CT molecular complexity index is 950. The molecule has 0 aliphatic carbocycles. The van der Waals surface area contributed by atoms with Gasteiger partial charge in [0.2, 0.25) is 11.1 Å². The van der Waals surface area contributed by atoms with E-state index in [2.05, 4.69) is 20.5 Å². The number of thioether (sulfide) groups is 1. The Morgan fingerprint density at radius 1 is 1.29 bits per heavy atom. The van der Waals surface area contributed by atoms with E-state index in [4.69, 9.17) is 26.9 Å². The molecule has 0 radical (unpaired) electrons. The summed E-state index contributed by atoms with van der Waals surface area (Å²) in [6.07, 6.45) is 1.45. The third-order valence-corrected chi connectivity index (χ3v) is 4.64. The quantitative estimate of drug-likeness (QED) is 0.421. The van der Waals surface area contributed by atoms with Crippen molar-refractivity contribution in [3.05, 3.63) is 53.4 Å². The molecule has 1 amide bonds. The second-order valence-corrected chi connectivity index (χ2v) is 6.81. The van der Waals surface area contributed by atoms with Crippen LogP contribution in [-0.2, 0) is 11.4 Å². The van der Waals surface area contributed by atoms with E-state index in [9.17, 15) is 4.79 Å². The summed E-state index contributed by atoms with van der Waals surface area (Å²) in [6, 6.07) is 10.4. The largest absolute Gasteiger partial charge is 0.497 e. The monoisotopic (exact) mass is 420 g/mol. The zero-order valence-electron chi connectivity index (χ0n) is 14.8. The van der Waals surface area contributed by atoms with Crippen molar-refractivity contribution in [2.24, 2.45) is 0 Å². The van der Waals surface area contributed by atoms with E-state index in [-0.39, 0.29) is 18.3 Å². The Balaban J connectivity index is 1.52. The Kier molecular flexibility index (Phi) is 6.56. The van der Waals surface area contributed by atoms with Crippen LogP contribution in [0.15, 0.2) is 47.8 Å².